The van der Waals surface area contributed by atoms with Crippen LogP contribution in [-0.2, 0) is 14.6 Å². The molecule has 0 heterocycles. The Morgan fingerprint density at radius 2 is 2.00 bits per heavy atom. The Labute approximate surface area is 128 Å². The normalized spacial score (nSPS) is 12.0. The maximum atomic E-state index is 11.8. The van der Waals surface area contributed by atoms with Gasteiger partial charge in [0.1, 0.15) is 0 Å². The lowest BCUT2D eigenvalue weighted by Gasteiger charge is -2.28. The second-order valence-electron chi connectivity index (χ2n) is 5.61. The summed E-state index contributed by atoms with van der Waals surface area (Å²) in [4.78, 5) is 20.6. The predicted octanol–water partition coefficient (Wildman–Crippen LogP) is 2.05. The molecule has 0 saturated heterocycles. The molecule has 0 aromatic heterocycles. The number of carbonyl (C=O) groups is 1. The number of nitro groups is 1. The van der Waals surface area contributed by atoms with E-state index >= 15 is 0 Å². The van der Waals surface area contributed by atoms with Gasteiger partial charge in [-0.1, -0.05) is 0 Å². The van der Waals surface area contributed by atoms with Crippen LogP contribution in [0.4, 0.5) is 11.4 Å². The van der Waals surface area contributed by atoms with Crippen molar-refractivity contribution in [3.63, 3.8) is 0 Å². The van der Waals surface area contributed by atoms with Crippen LogP contribution in [0.1, 0.15) is 26.7 Å². The summed E-state index contributed by atoms with van der Waals surface area (Å²) in [5, 5.41) is 22.5. The average Bonchev–Trinajstić information content (AvgIpc) is 2.35. The molecule has 0 bridgehead atoms. The Kier molecular flexibility index (Phi) is 5.13. The second-order valence-corrected chi connectivity index (χ2v) is 7.60. The van der Waals surface area contributed by atoms with E-state index in [0.29, 0.717) is 0 Å². The van der Waals surface area contributed by atoms with Crippen molar-refractivity contribution in [2.24, 2.45) is 0 Å². The summed E-state index contributed by atoms with van der Waals surface area (Å²) in [5.74, 6) is -0.957. The van der Waals surface area contributed by atoms with Crippen LogP contribution in [0.3, 0.4) is 0 Å². The number of hydrogen-bond acceptors (Lipinski definition) is 6. The fourth-order valence-corrected chi connectivity index (χ4v) is 2.73. The molecule has 0 saturated carbocycles. The van der Waals surface area contributed by atoms with Crippen LogP contribution in [0, 0.1) is 10.1 Å². The largest absolute Gasteiger partial charge is 0.481 e. The van der Waals surface area contributed by atoms with E-state index in [4.69, 9.17) is 5.11 Å². The van der Waals surface area contributed by atoms with E-state index in [1.807, 2.05) is 0 Å². The molecule has 0 radical (unpaired) electrons. The van der Waals surface area contributed by atoms with Crippen molar-refractivity contribution in [3.05, 3.63) is 28.3 Å². The molecule has 9 heteroatoms. The molecule has 0 atom stereocenters. The molecule has 0 aliphatic rings. The Hall–Kier alpha value is -2.16. The minimum absolute atomic E-state index is 0.0822. The molecule has 8 nitrogen and oxygen atoms in total. The highest BCUT2D eigenvalue weighted by Gasteiger charge is 2.24. The standard InChI is InChI=1S/C13H18N2O6S/c1-13(2,7-6-12(16)17)14-10-5-4-9(15(18)19)8-11(10)22(3,20)21/h4-5,8,14H,6-7H2,1-3H3,(H,16,17). The number of nitro benzene ring substituents is 1. The molecular formula is C13H18N2O6S. The highest BCUT2D eigenvalue weighted by atomic mass is 32.2. The van der Waals surface area contributed by atoms with Gasteiger partial charge in [-0.3, -0.25) is 14.9 Å². The number of sulfone groups is 1. The molecule has 2 N–H and O–H groups in total. The van der Waals surface area contributed by atoms with Crippen LogP contribution in [0.15, 0.2) is 23.1 Å². The van der Waals surface area contributed by atoms with Gasteiger partial charge in [-0.25, -0.2) is 8.42 Å². The van der Waals surface area contributed by atoms with Crippen molar-refractivity contribution in [2.75, 3.05) is 11.6 Å². The first-order valence-corrected chi connectivity index (χ1v) is 8.30. The summed E-state index contributed by atoms with van der Waals surface area (Å²) < 4.78 is 23.6. The predicted molar refractivity (Wildman–Crippen MR) is 80.8 cm³/mol. The molecule has 22 heavy (non-hydrogen) atoms. The van der Waals surface area contributed by atoms with Gasteiger partial charge >= 0.3 is 5.97 Å². The maximum Gasteiger partial charge on any atom is 0.303 e. The molecule has 0 fully saturated rings. The fourth-order valence-electron chi connectivity index (χ4n) is 1.88. The molecule has 0 unspecified atom stereocenters. The first kappa shape index (κ1) is 17.9. The first-order valence-electron chi connectivity index (χ1n) is 6.41. The second kappa shape index (κ2) is 6.30. The number of hydrogen-bond donors (Lipinski definition) is 2. The fraction of sp³-hybridized carbons (Fsp3) is 0.462. The molecule has 0 aliphatic heterocycles. The highest BCUT2D eigenvalue weighted by Crippen LogP contribution is 2.29. The minimum atomic E-state index is -3.68. The lowest BCUT2D eigenvalue weighted by Crippen LogP contribution is -2.32. The van der Waals surface area contributed by atoms with Gasteiger partial charge < -0.3 is 10.4 Å². The van der Waals surface area contributed by atoms with Crippen molar-refractivity contribution in [1.29, 1.82) is 0 Å². The summed E-state index contributed by atoms with van der Waals surface area (Å²) in [6.45, 7) is 3.45. The molecular weight excluding hydrogens is 312 g/mol. The molecule has 1 aromatic rings. The van der Waals surface area contributed by atoms with Crippen molar-refractivity contribution in [2.45, 2.75) is 37.1 Å². The number of nitrogens with one attached hydrogen (secondary N) is 1. The smallest absolute Gasteiger partial charge is 0.303 e. The number of carboxylic acids is 1. The van der Waals surface area contributed by atoms with E-state index in [1.165, 1.54) is 12.1 Å². The van der Waals surface area contributed by atoms with Crippen molar-refractivity contribution in [1.82, 2.24) is 0 Å². The molecule has 0 spiro atoms. The van der Waals surface area contributed by atoms with Gasteiger partial charge in [-0.05, 0) is 26.3 Å². The van der Waals surface area contributed by atoms with Gasteiger partial charge in [0.25, 0.3) is 5.69 Å². The van der Waals surface area contributed by atoms with Crippen LogP contribution in [-0.4, -0.2) is 36.2 Å². The molecule has 122 valence electrons. The summed E-state index contributed by atoms with van der Waals surface area (Å²) in [7, 11) is -3.68. The molecule has 1 aromatic carbocycles. The van der Waals surface area contributed by atoms with Crippen LogP contribution in [0.2, 0.25) is 0 Å². The summed E-state index contributed by atoms with van der Waals surface area (Å²) in [6.07, 6.45) is 1.14. The maximum absolute atomic E-state index is 11.8. The summed E-state index contributed by atoms with van der Waals surface area (Å²) in [5.41, 5.74) is -0.800. The summed E-state index contributed by atoms with van der Waals surface area (Å²) >= 11 is 0. The molecule has 0 aliphatic carbocycles. The van der Waals surface area contributed by atoms with E-state index in [-0.39, 0.29) is 29.1 Å². The third-order valence-corrected chi connectivity index (χ3v) is 4.15. The van der Waals surface area contributed by atoms with E-state index in [1.54, 1.807) is 13.8 Å². The van der Waals surface area contributed by atoms with E-state index in [9.17, 15) is 23.3 Å². The highest BCUT2D eigenvalue weighted by molar-refractivity contribution is 7.90. The monoisotopic (exact) mass is 330 g/mol. The lowest BCUT2D eigenvalue weighted by molar-refractivity contribution is -0.385. The van der Waals surface area contributed by atoms with Crippen LogP contribution >= 0.6 is 0 Å². The van der Waals surface area contributed by atoms with E-state index < -0.39 is 26.3 Å². The lowest BCUT2D eigenvalue weighted by atomic mass is 9.98. The Morgan fingerprint density at radius 1 is 1.41 bits per heavy atom. The van der Waals surface area contributed by atoms with Crippen LogP contribution in [0.5, 0.6) is 0 Å². The Morgan fingerprint density at radius 3 is 2.45 bits per heavy atom. The number of rotatable bonds is 7. The van der Waals surface area contributed by atoms with Crippen molar-refractivity contribution in [3.8, 4) is 0 Å². The van der Waals surface area contributed by atoms with Gasteiger partial charge in [-0.15, -0.1) is 0 Å². The number of nitrogens with zero attached hydrogens (tertiary/aromatic N) is 1. The quantitative estimate of drug-likeness (QED) is 0.578. The molecule has 0 amide bonds. The third kappa shape index (κ3) is 4.99. The Balaban J connectivity index is 3.19. The summed E-state index contributed by atoms with van der Waals surface area (Å²) in [6, 6.07) is 3.51. The van der Waals surface area contributed by atoms with E-state index in [0.717, 1.165) is 12.3 Å². The van der Waals surface area contributed by atoms with Crippen LogP contribution in [0.25, 0.3) is 0 Å². The van der Waals surface area contributed by atoms with Crippen molar-refractivity contribution < 1.29 is 23.2 Å². The zero-order valence-corrected chi connectivity index (χ0v) is 13.3. The average molecular weight is 330 g/mol. The zero-order valence-electron chi connectivity index (χ0n) is 12.5. The number of non-ortho nitro benzene ring substituents is 1. The molecule has 1 rings (SSSR count). The number of benzene rings is 1. The number of anilines is 1. The van der Waals surface area contributed by atoms with Gasteiger partial charge in [-0.2, -0.15) is 0 Å². The first-order chi connectivity index (χ1) is 9.92. The minimum Gasteiger partial charge on any atom is -0.481 e. The third-order valence-electron chi connectivity index (χ3n) is 3.01. The SMILES string of the molecule is CC(C)(CCC(=O)O)Nc1ccc([N+](=O)[O-])cc1S(C)(=O)=O. The number of aliphatic carboxylic acids is 1. The van der Waals surface area contributed by atoms with Gasteiger partial charge in [0.05, 0.1) is 15.5 Å². The number of carboxylic acid groups (broad SMARTS) is 1. The van der Waals surface area contributed by atoms with E-state index in [2.05, 4.69) is 5.32 Å². The zero-order chi connectivity index (χ0) is 17.1. The van der Waals surface area contributed by atoms with Gasteiger partial charge in [0.15, 0.2) is 9.84 Å². The topological polar surface area (TPSA) is 127 Å². The van der Waals surface area contributed by atoms with Gasteiger partial charge in [0, 0.05) is 30.3 Å². The van der Waals surface area contributed by atoms with Crippen molar-refractivity contribution >= 4 is 27.2 Å². The van der Waals surface area contributed by atoms with Gasteiger partial charge in [0.2, 0.25) is 0 Å². The Bertz CT molecular complexity index is 696. The van der Waals surface area contributed by atoms with Crippen LogP contribution < -0.4 is 5.32 Å².